The van der Waals surface area contributed by atoms with E-state index in [4.69, 9.17) is 0 Å². The van der Waals surface area contributed by atoms with Crippen molar-refractivity contribution >= 4 is 8.03 Å². The fourth-order valence-corrected chi connectivity index (χ4v) is 2.21. The molecule has 0 aromatic heterocycles. The third-order valence-corrected chi connectivity index (χ3v) is 2.74. The second kappa shape index (κ2) is 4.84. The Hall–Kier alpha value is -0.760. The fourth-order valence-electron chi connectivity index (χ4n) is 1.30. The smallest absolute Gasteiger partial charge is 0.333 e. The van der Waals surface area contributed by atoms with Crippen molar-refractivity contribution in [2.24, 2.45) is 0 Å². The molecule has 0 radical (unpaired) electrons. The second-order valence-electron chi connectivity index (χ2n) is 4.49. The molecule has 0 aliphatic carbocycles. The molecule has 2 atom stereocenters. The van der Waals surface area contributed by atoms with Crippen molar-refractivity contribution in [1.82, 2.24) is 5.32 Å². The van der Waals surface area contributed by atoms with E-state index in [0.717, 1.165) is 5.56 Å². The maximum atomic E-state index is 11.2. The molecule has 0 spiro atoms. The summed E-state index contributed by atoms with van der Waals surface area (Å²) in [6, 6.07) is 9.18. The van der Waals surface area contributed by atoms with Crippen LogP contribution in [0.15, 0.2) is 30.3 Å². The van der Waals surface area contributed by atoms with Gasteiger partial charge in [-0.2, -0.15) is 0 Å². The summed E-state index contributed by atoms with van der Waals surface area (Å²) in [5.74, 6) is -0.610. The van der Waals surface area contributed by atoms with Gasteiger partial charge >= 0.3 is 8.03 Å². The van der Waals surface area contributed by atoms with Crippen LogP contribution in [0.4, 0.5) is 0 Å². The van der Waals surface area contributed by atoms with Gasteiger partial charge in [-0.3, -0.25) is 5.32 Å². The quantitative estimate of drug-likeness (QED) is 0.802. The van der Waals surface area contributed by atoms with E-state index in [1.54, 1.807) is 0 Å². The first-order valence-corrected chi connectivity index (χ1v) is 6.11. The summed E-state index contributed by atoms with van der Waals surface area (Å²) in [7, 11) is -2.52. The molecule has 0 aliphatic heterocycles. The largest absolute Gasteiger partial charge is 0.594 e. The van der Waals surface area contributed by atoms with Gasteiger partial charge in [-0.15, -0.1) is 0 Å². The Morgan fingerprint density at radius 1 is 1.27 bits per heavy atom. The topological polar surface area (TPSA) is 52.2 Å². The molecule has 0 bridgehead atoms. The van der Waals surface area contributed by atoms with E-state index in [1.807, 2.05) is 51.1 Å². The minimum Gasteiger partial charge on any atom is -0.594 e. The van der Waals surface area contributed by atoms with Crippen molar-refractivity contribution in [3.8, 4) is 0 Å². The summed E-state index contributed by atoms with van der Waals surface area (Å²) < 4.78 is 11.2. The van der Waals surface area contributed by atoms with Crippen molar-refractivity contribution in [2.75, 3.05) is 0 Å². The van der Waals surface area contributed by atoms with Crippen molar-refractivity contribution in [1.29, 1.82) is 0 Å². The van der Waals surface area contributed by atoms with Crippen LogP contribution in [0.1, 0.15) is 32.1 Å². The zero-order valence-electron chi connectivity index (χ0n) is 9.23. The molecule has 0 amide bonds. The number of hydrogen-bond acceptors (Lipinski definition) is 3. The number of nitrogens with one attached hydrogen (secondary N) is 1. The van der Waals surface area contributed by atoms with Gasteiger partial charge in [-0.1, -0.05) is 34.9 Å². The van der Waals surface area contributed by atoms with Crippen LogP contribution in [-0.4, -0.2) is 5.54 Å². The molecule has 0 saturated heterocycles. The molecule has 0 fully saturated rings. The highest BCUT2D eigenvalue weighted by Crippen LogP contribution is 2.33. The van der Waals surface area contributed by atoms with E-state index in [-0.39, 0.29) is 5.54 Å². The molecule has 3 nitrogen and oxygen atoms in total. The number of benzene rings is 1. The molecule has 4 heteroatoms. The SMILES string of the molecule is CC(C)(C)NC(c1ccccc1)[P+](=O)[O-]. The highest BCUT2D eigenvalue weighted by molar-refractivity contribution is 7.36. The maximum absolute atomic E-state index is 11.2. The highest BCUT2D eigenvalue weighted by atomic mass is 31.1. The lowest BCUT2D eigenvalue weighted by Gasteiger charge is -2.23. The molecular formula is C11H16NO2P. The fraction of sp³-hybridized carbons (Fsp3) is 0.455. The van der Waals surface area contributed by atoms with Crippen LogP contribution in [0.3, 0.4) is 0 Å². The molecule has 15 heavy (non-hydrogen) atoms. The Morgan fingerprint density at radius 3 is 2.20 bits per heavy atom. The van der Waals surface area contributed by atoms with Crippen LogP contribution in [0.5, 0.6) is 0 Å². The minimum atomic E-state index is -2.52. The summed E-state index contributed by atoms with van der Waals surface area (Å²) >= 11 is 0. The van der Waals surface area contributed by atoms with E-state index in [0.29, 0.717) is 0 Å². The number of hydrogen-bond donors (Lipinski definition) is 1. The van der Waals surface area contributed by atoms with Crippen LogP contribution in [0.2, 0.25) is 0 Å². The molecule has 0 aliphatic rings. The van der Waals surface area contributed by atoms with Gasteiger partial charge in [0.2, 0.25) is 5.78 Å². The van der Waals surface area contributed by atoms with Crippen molar-refractivity contribution in [2.45, 2.75) is 32.1 Å². The monoisotopic (exact) mass is 225 g/mol. The molecule has 1 aromatic rings. The van der Waals surface area contributed by atoms with E-state index < -0.39 is 13.8 Å². The van der Waals surface area contributed by atoms with Crippen LogP contribution >= 0.6 is 8.03 Å². The third-order valence-electron chi connectivity index (χ3n) is 1.90. The van der Waals surface area contributed by atoms with E-state index in [9.17, 15) is 9.46 Å². The maximum Gasteiger partial charge on any atom is 0.333 e. The van der Waals surface area contributed by atoms with Gasteiger partial charge in [0.05, 0.1) is 0 Å². The zero-order valence-corrected chi connectivity index (χ0v) is 10.1. The Bertz CT molecular complexity index is 332. The summed E-state index contributed by atoms with van der Waals surface area (Å²) in [6.07, 6.45) is 0. The predicted octanol–water partition coefficient (Wildman–Crippen LogP) is 2.18. The van der Waals surface area contributed by atoms with Crippen LogP contribution < -0.4 is 10.2 Å². The Morgan fingerprint density at radius 2 is 1.80 bits per heavy atom. The van der Waals surface area contributed by atoms with E-state index in [2.05, 4.69) is 5.32 Å². The van der Waals surface area contributed by atoms with Crippen molar-refractivity contribution in [3.63, 3.8) is 0 Å². The zero-order chi connectivity index (χ0) is 11.5. The van der Waals surface area contributed by atoms with Gasteiger partial charge in [-0.25, -0.2) is 0 Å². The first-order chi connectivity index (χ1) is 6.90. The molecule has 2 unspecified atom stereocenters. The number of rotatable bonds is 3. The lowest BCUT2D eigenvalue weighted by Crippen LogP contribution is -2.38. The van der Waals surface area contributed by atoms with Gasteiger partial charge in [0.15, 0.2) is 0 Å². The van der Waals surface area contributed by atoms with Crippen molar-refractivity contribution < 1.29 is 9.46 Å². The van der Waals surface area contributed by atoms with Crippen molar-refractivity contribution in [3.05, 3.63) is 35.9 Å². The highest BCUT2D eigenvalue weighted by Gasteiger charge is 2.28. The molecule has 1 rings (SSSR count). The van der Waals surface area contributed by atoms with Gasteiger partial charge in [0.1, 0.15) is 0 Å². The van der Waals surface area contributed by atoms with Gasteiger partial charge in [-0.05, 0) is 20.8 Å². The molecule has 0 saturated carbocycles. The Labute approximate surface area is 91.4 Å². The molecule has 1 N–H and O–H groups in total. The third kappa shape index (κ3) is 4.08. The lowest BCUT2D eigenvalue weighted by atomic mass is 10.1. The predicted molar refractivity (Wildman–Crippen MR) is 59.7 cm³/mol. The Balaban J connectivity index is 2.90. The molecular weight excluding hydrogens is 209 g/mol. The summed E-state index contributed by atoms with van der Waals surface area (Å²) in [5.41, 5.74) is 0.555. The van der Waals surface area contributed by atoms with Gasteiger partial charge in [0.25, 0.3) is 0 Å². The summed E-state index contributed by atoms with van der Waals surface area (Å²) in [5, 5.41) is 3.08. The Kier molecular flexibility index (Phi) is 3.97. The normalized spacial score (nSPS) is 14.8. The average molecular weight is 225 g/mol. The average Bonchev–Trinajstić information content (AvgIpc) is 2.14. The standard InChI is InChI=1S/C11H16NO2P/c1-11(2,3)12-10(15(13)14)9-7-5-4-6-8-9/h4-8,10,12H,1-3H3. The van der Waals surface area contributed by atoms with Crippen LogP contribution in [0.25, 0.3) is 0 Å². The molecule has 1 aromatic carbocycles. The first kappa shape index (κ1) is 12.3. The second-order valence-corrected chi connectivity index (χ2v) is 5.58. The molecule has 0 heterocycles. The van der Waals surface area contributed by atoms with E-state index >= 15 is 0 Å². The molecule has 82 valence electrons. The lowest BCUT2D eigenvalue weighted by molar-refractivity contribution is -0.167. The van der Waals surface area contributed by atoms with Crippen LogP contribution in [-0.2, 0) is 4.57 Å². The summed E-state index contributed by atoms with van der Waals surface area (Å²) in [4.78, 5) is 11.2. The van der Waals surface area contributed by atoms with Crippen LogP contribution in [0, 0.1) is 0 Å². The van der Waals surface area contributed by atoms with Gasteiger partial charge in [0, 0.05) is 11.1 Å². The summed E-state index contributed by atoms with van der Waals surface area (Å²) in [6.45, 7) is 5.84. The first-order valence-electron chi connectivity index (χ1n) is 4.86. The minimum absolute atomic E-state index is 0.226. The van der Waals surface area contributed by atoms with E-state index in [1.165, 1.54) is 0 Å². The van der Waals surface area contributed by atoms with Gasteiger partial charge < -0.3 is 4.89 Å².